The highest BCUT2D eigenvalue weighted by Crippen LogP contribution is 2.35. The van der Waals surface area contributed by atoms with Gasteiger partial charge in [-0.3, -0.25) is 9.78 Å². The van der Waals surface area contributed by atoms with Crippen LogP contribution in [0, 0.1) is 11.3 Å². The Kier molecular flexibility index (Phi) is 2.81. The molecule has 0 aliphatic heterocycles. The number of benzene rings is 2. The van der Waals surface area contributed by atoms with Crippen molar-refractivity contribution < 1.29 is 5.11 Å². The van der Waals surface area contributed by atoms with Crippen molar-refractivity contribution in [1.82, 2.24) is 9.97 Å². The maximum atomic E-state index is 11.7. The Bertz CT molecular complexity index is 1010. The minimum atomic E-state index is -0.788. The SMILES string of the molecule is N#Cc1c(-c2c(O)ccc3ccccc23)[nH]c(=O)[nH]c1=O. The summed E-state index contributed by atoms with van der Waals surface area (Å²) >= 11 is 0. The third-order valence-electron chi connectivity index (χ3n) is 3.21. The summed E-state index contributed by atoms with van der Waals surface area (Å²) in [5, 5.41) is 20.7. The van der Waals surface area contributed by atoms with Gasteiger partial charge < -0.3 is 10.1 Å². The monoisotopic (exact) mass is 279 g/mol. The number of phenolic OH excluding ortho intramolecular Hbond substituents is 1. The largest absolute Gasteiger partial charge is 0.507 e. The van der Waals surface area contributed by atoms with Crippen LogP contribution in [0.5, 0.6) is 5.75 Å². The first-order valence-electron chi connectivity index (χ1n) is 6.09. The van der Waals surface area contributed by atoms with Crippen LogP contribution in [0.15, 0.2) is 46.0 Å². The lowest BCUT2D eigenvalue weighted by atomic mass is 9.98. The molecule has 1 heterocycles. The topological polar surface area (TPSA) is 110 Å². The van der Waals surface area contributed by atoms with Crippen molar-refractivity contribution in [3.8, 4) is 23.1 Å². The van der Waals surface area contributed by atoms with Gasteiger partial charge in [-0.15, -0.1) is 0 Å². The summed E-state index contributed by atoms with van der Waals surface area (Å²) in [6.45, 7) is 0. The zero-order valence-corrected chi connectivity index (χ0v) is 10.7. The molecule has 3 rings (SSSR count). The molecule has 3 N–H and O–H groups in total. The molecule has 1 aromatic heterocycles. The van der Waals surface area contributed by atoms with Crippen molar-refractivity contribution in [1.29, 1.82) is 5.26 Å². The molecule has 0 saturated carbocycles. The van der Waals surface area contributed by atoms with Crippen molar-refractivity contribution in [2.24, 2.45) is 0 Å². The van der Waals surface area contributed by atoms with Gasteiger partial charge in [-0.2, -0.15) is 5.26 Å². The number of aromatic nitrogens is 2. The molecule has 0 fully saturated rings. The predicted octanol–water partition coefficient (Wildman–Crippen LogP) is 1.46. The van der Waals surface area contributed by atoms with E-state index in [0.29, 0.717) is 5.39 Å². The molecule has 102 valence electrons. The molecule has 0 spiro atoms. The van der Waals surface area contributed by atoms with Crippen LogP contribution in [0.2, 0.25) is 0 Å². The number of nitriles is 1. The highest BCUT2D eigenvalue weighted by atomic mass is 16.3. The zero-order valence-electron chi connectivity index (χ0n) is 10.7. The first-order valence-corrected chi connectivity index (χ1v) is 6.09. The molecule has 0 aliphatic rings. The Morgan fingerprint density at radius 1 is 1.05 bits per heavy atom. The van der Waals surface area contributed by atoms with E-state index >= 15 is 0 Å². The highest BCUT2D eigenvalue weighted by Gasteiger charge is 2.17. The molecule has 0 atom stereocenters. The number of aromatic hydroxyl groups is 1. The highest BCUT2D eigenvalue weighted by molar-refractivity contribution is 5.99. The third-order valence-corrected chi connectivity index (χ3v) is 3.21. The summed E-state index contributed by atoms with van der Waals surface area (Å²) in [6.07, 6.45) is 0. The number of rotatable bonds is 1. The van der Waals surface area contributed by atoms with Crippen LogP contribution in [0.25, 0.3) is 22.0 Å². The third kappa shape index (κ3) is 1.97. The van der Waals surface area contributed by atoms with Crippen molar-refractivity contribution in [3.05, 3.63) is 62.8 Å². The minimum Gasteiger partial charge on any atom is -0.507 e. The van der Waals surface area contributed by atoms with Gasteiger partial charge in [0.15, 0.2) is 0 Å². The number of phenols is 1. The summed E-state index contributed by atoms with van der Waals surface area (Å²) < 4.78 is 0. The molecule has 3 aromatic rings. The van der Waals surface area contributed by atoms with E-state index < -0.39 is 11.2 Å². The van der Waals surface area contributed by atoms with Gasteiger partial charge in [-0.05, 0) is 16.8 Å². The maximum absolute atomic E-state index is 11.7. The molecule has 6 heteroatoms. The van der Waals surface area contributed by atoms with E-state index in [-0.39, 0.29) is 22.6 Å². The number of nitrogens with one attached hydrogen (secondary N) is 2. The lowest BCUT2D eigenvalue weighted by Gasteiger charge is -2.09. The van der Waals surface area contributed by atoms with E-state index in [1.165, 1.54) is 6.07 Å². The summed E-state index contributed by atoms with van der Waals surface area (Å²) in [5.74, 6) is -0.119. The zero-order chi connectivity index (χ0) is 15.0. The summed E-state index contributed by atoms with van der Waals surface area (Å²) in [4.78, 5) is 27.7. The van der Waals surface area contributed by atoms with Crippen LogP contribution in [0.3, 0.4) is 0 Å². The summed E-state index contributed by atoms with van der Waals surface area (Å²) in [7, 11) is 0. The van der Waals surface area contributed by atoms with Crippen molar-refractivity contribution in [2.45, 2.75) is 0 Å². The summed E-state index contributed by atoms with van der Waals surface area (Å²) in [6, 6.07) is 12.1. The van der Waals surface area contributed by atoms with Gasteiger partial charge in [-0.1, -0.05) is 30.3 Å². The van der Waals surface area contributed by atoms with Gasteiger partial charge in [0.05, 0.1) is 5.69 Å². The Morgan fingerprint density at radius 2 is 1.81 bits per heavy atom. The molecule has 0 unspecified atom stereocenters. The maximum Gasteiger partial charge on any atom is 0.326 e. The van der Waals surface area contributed by atoms with Gasteiger partial charge in [-0.25, -0.2) is 4.79 Å². The van der Waals surface area contributed by atoms with Crippen LogP contribution in [-0.4, -0.2) is 15.1 Å². The molecular formula is C15H9N3O3. The second-order valence-corrected chi connectivity index (χ2v) is 4.45. The van der Waals surface area contributed by atoms with Crippen LogP contribution >= 0.6 is 0 Å². The molecule has 6 nitrogen and oxygen atoms in total. The fourth-order valence-electron chi connectivity index (χ4n) is 2.30. The first-order chi connectivity index (χ1) is 10.1. The van der Waals surface area contributed by atoms with Crippen molar-refractivity contribution in [3.63, 3.8) is 0 Å². The average Bonchev–Trinajstić information content (AvgIpc) is 2.46. The average molecular weight is 279 g/mol. The fraction of sp³-hybridized carbons (Fsp3) is 0. The molecule has 21 heavy (non-hydrogen) atoms. The van der Waals surface area contributed by atoms with E-state index in [4.69, 9.17) is 5.26 Å². The number of nitrogens with zero attached hydrogens (tertiary/aromatic N) is 1. The van der Waals surface area contributed by atoms with Crippen molar-refractivity contribution >= 4 is 10.8 Å². The Morgan fingerprint density at radius 3 is 2.57 bits per heavy atom. The Hall–Kier alpha value is -3.33. The van der Waals surface area contributed by atoms with Crippen molar-refractivity contribution in [2.75, 3.05) is 0 Å². The smallest absolute Gasteiger partial charge is 0.326 e. The van der Waals surface area contributed by atoms with Crippen LogP contribution in [0.1, 0.15) is 5.56 Å². The van der Waals surface area contributed by atoms with Crippen LogP contribution < -0.4 is 11.2 Å². The second kappa shape index (κ2) is 4.65. The van der Waals surface area contributed by atoms with Crippen LogP contribution in [0.4, 0.5) is 0 Å². The molecule has 0 bridgehead atoms. The number of fused-ring (bicyclic) bond motifs is 1. The lowest BCUT2D eigenvalue weighted by Crippen LogP contribution is -2.25. The summed E-state index contributed by atoms with van der Waals surface area (Å²) in [5.41, 5.74) is -1.50. The number of aromatic amines is 2. The minimum absolute atomic E-state index is 0.0144. The van der Waals surface area contributed by atoms with E-state index in [1.54, 1.807) is 24.3 Å². The number of hydrogen-bond acceptors (Lipinski definition) is 4. The predicted molar refractivity (Wildman–Crippen MR) is 77.0 cm³/mol. The van der Waals surface area contributed by atoms with E-state index in [1.807, 2.05) is 17.1 Å². The standard InChI is InChI=1S/C15H9N3O3/c16-7-10-13(17-15(21)18-14(10)20)12-9-4-2-1-3-8(9)5-6-11(12)19/h1-6,19H,(H2,17,18,20,21). The lowest BCUT2D eigenvalue weighted by molar-refractivity contribution is 0.478. The van der Waals surface area contributed by atoms with Gasteiger partial charge in [0, 0.05) is 5.56 Å². The normalized spacial score (nSPS) is 10.4. The number of hydrogen-bond donors (Lipinski definition) is 3. The van der Waals surface area contributed by atoms with Gasteiger partial charge in [0.1, 0.15) is 17.4 Å². The molecular weight excluding hydrogens is 270 g/mol. The van der Waals surface area contributed by atoms with Gasteiger partial charge in [0.25, 0.3) is 5.56 Å². The van der Waals surface area contributed by atoms with Gasteiger partial charge in [0.2, 0.25) is 0 Å². The van der Waals surface area contributed by atoms with E-state index in [0.717, 1.165) is 5.39 Å². The number of H-pyrrole nitrogens is 2. The molecule has 2 aromatic carbocycles. The quantitative estimate of drug-likeness (QED) is 0.626. The molecule has 0 aliphatic carbocycles. The molecule has 0 radical (unpaired) electrons. The second-order valence-electron chi connectivity index (χ2n) is 4.45. The van der Waals surface area contributed by atoms with Gasteiger partial charge >= 0.3 is 5.69 Å². The Labute approximate surface area is 117 Å². The van der Waals surface area contributed by atoms with E-state index in [2.05, 4.69) is 4.98 Å². The molecule has 0 saturated heterocycles. The fourth-order valence-corrected chi connectivity index (χ4v) is 2.30. The van der Waals surface area contributed by atoms with E-state index in [9.17, 15) is 14.7 Å². The Balaban J connectivity index is 2.53. The first kappa shape index (κ1) is 12.7. The molecule has 0 amide bonds. The van der Waals surface area contributed by atoms with Crippen LogP contribution in [-0.2, 0) is 0 Å².